The second-order valence-electron chi connectivity index (χ2n) is 7.92. The van der Waals surface area contributed by atoms with Gasteiger partial charge in [0, 0.05) is 49.7 Å². The van der Waals surface area contributed by atoms with E-state index in [1.807, 2.05) is 0 Å². The van der Waals surface area contributed by atoms with Crippen LogP contribution in [0.2, 0.25) is 0 Å². The van der Waals surface area contributed by atoms with Crippen LogP contribution in [0.4, 0.5) is 14.5 Å². The fourth-order valence-corrected chi connectivity index (χ4v) is 5.38. The lowest BCUT2D eigenvalue weighted by Gasteiger charge is -2.33. The Labute approximate surface area is 194 Å². The number of piperazine rings is 1. The number of nitrogens with zero attached hydrogens (tertiary/aromatic N) is 5. The van der Waals surface area contributed by atoms with Gasteiger partial charge in [-0.3, -0.25) is 14.8 Å². The van der Waals surface area contributed by atoms with Crippen molar-refractivity contribution < 1.29 is 22.0 Å². The third kappa shape index (κ3) is 3.58. The van der Waals surface area contributed by atoms with Crippen molar-refractivity contribution in [3.63, 3.8) is 0 Å². The highest BCUT2D eigenvalue weighted by Crippen LogP contribution is 2.32. The number of carbonyl (C=O) groups excluding carboxylic acids is 1. The van der Waals surface area contributed by atoms with E-state index in [4.69, 9.17) is 0 Å². The normalized spacial score (nSPS) is 14.7. The van der Waals surface area contributed by atoms with Gasteiger partial charge in [-0.05, 0) is 30.3 Å². The zero-order valence-corrected chi connectivity index (χ0v) is 18.8. The lowest BCUT2D eigenvalue weighted by molar-refractivity contribution is -0.129. The zero-order valence-electron chi connectivity index (χ0n) is 18.0. The number of fused-ring (bicyclic) bond motifs is 1. The summed E-state index contributed by atoms with van der Waals surface area (Å²) in [5.74, 6) is -2.39. The number of rotatable bonds is 4. The first-order valence-electron chi connectivity index (χ1n) is 10.4. The van der Waals surface area contributed by atoms with Crippen LogP contribution in [0.1, 0.15) is 0 Å². The standard InChI is InChI=1S/C23H19F2N5O3S/c1-28-8-9-29(14-22(28)31)23-18(24)10-15(11-19(23)25)34(32,33)30-7-5-16-17(12-26-13-21(16)30)20-4-2-3-6-27-20/h2-7,10-13H,8-9,14H2,1H3. The Kier molecular flexibility index (Phi) is 5.28. The van der Waals surface area contributed by atoms with E-state index in [1.165, 1.54) is 22.2 Å². The average molecular weight is 484 g/mol. The predicted octanol–water partition coefficient (Wildman–Crippen LogP) is 2.89. The van der Waals surface area contributed by atoms with Crippen LogP contribution in [0.15, 0.2) is 66.1 Å². The van der Waals surface area contributed by atoms with E-state index in [0.29, 0.717) is 23.2 Å². The maximum Gasteiger partial charge on any atom is 0.268 e. The highest BCUT2D eigenvalue weighted by molar-refractivity contribution is 7.90. The van der Waals surface area contributed by atoms with Gasteiger partial charge in [-0.2, -0.15) is 0 Å². The molecule has 8 nitrogen and oxygen atoms in total. The van der Waals surface area contributed by atoms with Gasteiger partial charge in [0.25, 0.3) is 10.0 Å². The molecule has 4 heterocycles. The molecule has 1 fully saturated rings. The van der Waals surface area contributed by atoms with Crippen molar-refractivity contribution in [1.29, 1.82) is 0 Å². The highest BCUT2D eigenvalue weighted by Gasteiger charge is 2.29. The zero-order chi connectivity index (χ0) is 24.0. The number of benzene rings is 1. The Morgan fingerprint density at radius 1 is 1.03 bits per heavy atom. The van der Waals surface area contributed by atoms with Crippen LogP contribution in [0, 0.1) is 11.6 Å². The predicted molar refractivity (Wildman–Crippen MR) is 122 cm³/mol. The maximum atomic E-state index is 15.0. The summed E-state index contributed by atoms with van der Waals surface area (Å²) in [4.78, 5) is 22.6. The molecule has 4 aromatic rings. The molecule has 0 unspecified atom stereocenters. The maximum absolute atomic E-state index is 15.0. The molecule has 0 spiro atoms. The van der Waals surface area contributed by atoms with Gasteiger partial charge in [0.2, 0.25) is 5.91 Å². The van der Waals surface area contributed by atoms with Gasteiger partial charge in [-0.15, -0.1) is 0 Å². The Hall–Kier alpha value is -3.86. The first kappa shape index (κ1) is 22.0. The molecular formula is C23H19F2N5O3S. The minimum absolute atomic E-state index is 0.194. The average Bonchev–Trinajstić information content (AvgIpc) is 3.26. The van der Waals surface area contributed by atoms with Crippen molar-refractivity contribution in [1.82, 2.24) is 18.8 Å². The minimum atomic E-state index is -4.35. The number of likely N-dealkylation sites (N-methyl/N-ethyl adjacent to an activating group) is 1. The summed E-state index contributed by atoms with van der Waals surface area (Å²) < 4.78 is 57.6. The minimum Gasteiger partial charge on any atom is -0.356 e. The van der Waals surface area contributed by atoms with Crippen molar-refractivity contribution in [2.45, 2.75) is 4.90 Å². The molecular weight excluding hydrogens is 464 g/mol. The topological polar surface area (TPSA) is 88.4 Å². The van der Waals surface area contributed by atoms with Crippen LogP contribution in [0.3, 0.4) is 0 Å². The van der Waals surface area contributed by atoms with Gasteiger partial charge >= 0.3 is 0 Å². The third-order valence-electron chi connectivity index (χ3n) is 5.84. The summed E-state index contributed by atoms with van der Waals surface area (Å²) in [5, 5.41) is 0.575. The lowest BCUT2D eigenvalue weighted by Crippen LogP contribution is -2.49. The van der Waals surface area contributed by atoms with E-state index in [2.05, 4.69) is 9.97 Å². The number of aromatic nitrogens is 3. The number of carbonyl (C=O) groups is 1. The van der Waals surface area contributed by atoms with Gasteiger partial charge in [0.1, 0.15) is 5.69 Å². The van der Waals surface area contributed by atoms with Gasteiger partial charge in [-0.1, -0.05) is 6.07 Å². The molecule has 0 saturated carbocycles. The largest absolute Gasteiger partial charge is 0.356 e. The number of pyridine rings is 2. The molecule has 0 radical (unpaired) electrons. The molecule has 1 aliphatic rings. The molecule has 34 heavy (non-hydrogen) atoms. The van der Waals surface area contributed by atoms with Crippen LogP contribution in [0.25, 0.3) is 22.2 Å². The summed E-state index contributed by atoms with van der Waals surface area (Å²) in [6.45, 7) is 0.339. The summed E-state index contributed by atoms with van der Waals surface area (Å²) in [6, 6.07) is 8.48. The van der Waals surface area contributed by atoms with Crippen LogP contribution >= 0.6 is 0 Å². The SMILES string of the molecule is CN1CCN(c2c(F)cc(S(=O)(=O)n3ccc4c(-c5ccccn5)cncc43)cc2F)CC1=O. The number of anilines is 1. The van der Waals surface area contributed by atoms with E-state index in [1.54, 1.807) is 43.7 Å². The molecule has 0 bridgehead atoms. The van der Waals surface area contributed by atoms with Gasteiger partial charge in [0.05, 0.1) is 28.8 Å². The summed E-state index contributed by atoms with van der Waals surface area (Å²) in [7, 11) is -2.74. The number of hydrogen-bond donors (Lipinski definition) is 0. The molecule has 0 aliphatic carbocycles. The van der Waals surface area contributed by atoms with Crippen LogP contribution in [-0.4, -0.2) is 59.8 Å². The number of hydrogen-bond acceptors (Lipinski definition) is 6. The molecule has 1 aliphatic heterocycles. The lowest BCUT2D eigenvalue weighted by atomic mass is 10.1. The quantitative estimate of drug-likeness (QED) is 0.444. The van der Waals surface area contributed by atoms with Crippen LogP contribution in [-0.2, 0) is 14.8 Å². The molecule has 1 aromatic carbocycles. The van der Waals surface area contributed by atoms with E-state index >= 15 is 0 Å². The second-order valence-corrected chi connectivity index (χ2v) is 9.74. The van der Waals surface area contributed by atoms with E-state index in [9.17, 15) is 22.0 Å². The third-order valence-corrected chi connectivity index (χ3v) is 7.51. The fraction of sp³-hybridized carbons (Fsp3) is 0.174. The first-order chi connectivity index (χ1) is 16.3. The van der Waals surface area contributed by atoms with Crippen LogP contribution < -0.4 is 4.90 Å². The van der Waals surface area contributed by atoms with Crippen LogP contribution in [0.5, 0.6) is 0 Å². The molecule has 11 heteroatoms. The number of amides is 1. The fourth-order valence-electron chi connectivity index (χ4n) is 4.02. The number of halogens is 2. The first-order valence-corrected chi connectivity index (χ1v) is 11.8. The van der Waals surface area contributed by atoms with Crippen molar-refractivity contribution in [3.8, 4) is 11.3 Å². The van der Waals surface area contributed by atoms with Gasteiger partial charge in [-0.25, -0.2) is 21.2 Å². The molecule has 1 saturated heterocycles. The highest BCUT2D eigenvalue weighted by atomic mass is 32.2. The molecule has 5 rings (SSSR count). The van der Waals surface area contributed by atoms with E-state index in [0.717, 1.165) is 16.1 Å². The monoisotopic (exact) mass is 483 g/mol. The Bertz CT molecular complexity index is 1500. The van der Waals surface area contributed by atoms with Gasteiger partial charge < -0.3 is 9.80 Å². The van der Waals surface area contributed by atoms with Crippen molar-refractivity contribution in [2.75, 3.05) is 31.6 Å². The molecule has 0 atom stereocenters. The second kappa shape index (κ2) is 8.17. The van der Waals surface area contributed by atoms with Crippen molar-refractivity contribution in [2.24, 2.45) is 0 Å². The van der Waals surface area contributed by atoms with E-state index < -0.39 is 32.2 Å². The molecule has 3 aromatic heterocycles. The van der Waals surface area contributed by atoms with E-state index in [-0.39, 0.29) is 24.5 Å². The Morgan fingerprint density at radius 2 is 1.79 bits per heavy atom. The smallest absolute Gasteiger partial charge is 0.268 e. The summed E-state index contributed by atoms with van der Waals surface area (Å²) in [6.07, 6.45) is 5.88. The Morgan fingerprint density at radius 3 is 2.47 bits per heavy atom. The van der Waals surface area contributed by atoms with Crippen molar-refractivity contribution in [3.05, 3.63) is 72.8 Å². The molecule has 174 valence electrons. The molecule has 0 N–H and O–H groups in total. The van der Waals surface area contributed by atoms with Gasteiger partial charge in [0.15, 0.2) is 11.6 Å². The Balaban J connectivity index is 1.57. The van der Waals surface area contributed by atoms with Crippen molar-refractivity contribution >= 4 is 32.5 Å². The summed E-state index contributed by atoms with van der Waals surface area (Å²) >= 11 is 0. The molecule has 1 amide bonds. The summed E-state index contributed by atoms with van der Waals surface area (Å²) in [5.41, 5.74) is 1.06.